The van der Waals surface area contributed by atoms with Crippen molar-refractivity contribution in [1.82, 2.24) is 20.5 Å². The summed E-state index contributed by atoms with van der Waals surface area (Å²) in [5.74, 6) is 0.497. The molecular weight excluding hydrogens is 228 g/mol. The van der Waals surface area contributed by atoms with Gasteiger partial charge in [-0.3, -0.25) is 9.89 Å². The fourth-order valence-corrected chi connectivity index (χ4v) is 1.60. The number of carbonyl (C=O) groups is 1. The van der Waals surface area contributed by atoms with Crippen LogP contribution in [0.25, 0.3) is 0 Å². The molecule has 1 aromatic heterocycles. The minimum absolute atomic E-state index is 0.230. The molecule has 2 aromatic rings. The van der Waals surface area contributed by atoms with Crippen molar-refractivity contribution in [1.29, 1.82) is 0 Å². The molecule has 0 saturated heterocycles. The molecule has 1 aromatic carbocycles. The number of aromatic nitrogens is 3. The van der Waals surface area contributed by atoms with Crippen molar-refractivity contribution in [3.8, 4) is 0 Å². The quantitative estimate of drug-likeness (QED) is 0.862. The summed E-state index contributed by atoms with van der Waals surface area (Å²) in [4.78, 5) is 15.4. The molecule has 2 rings (SSSR count). The number of hydrogen-bond acceptors (Lipinski definition) is 3. The van der Waals surface area contributed by atoms with Crippen molar-refractivity contribution in [2.45, 2.75) is 26.3 Å². The van der Waals surface area contributed by atoms with E-state index in [0.29, 0.717) is 12.5 Å². The predicted octanol–water partition coefficient (Wildman–Crippen LogP) is 1.86. The first-order valence-corrected chi connectivity index (χ1v) is 5.89. The smallest absolute Gasteiger partial charge is 0.288 e. The molecular formula is C13H16N4O. The average molecular weight is 244 g/mol. The Morgan fingerprint density at radius 1 is 1.33 bits per heavy atom. The minimum atomic E-state index is -0.250. The third-order valence-electron chi connectivity index (χ3n) is 2.73. The summed E-state index contributed by atoms with van der Waals surface area (Å²) in [7, 11) is 0. The summed E-state index contributed by atoms with van der Waals surface area (Å²) in [6.45, 7) is 4.79. The standard InChI is InChI=1S/C13H16N4O/c1-9(2)11-5-3-10(4-6-11)7-14-13(18)12-15-8-16-17-12/h3-6,8-9H,7H2,1-2H3,(H,14,18)(H,15,16,17). The molecule has 0 aliphatic heterocycles. The molecule has 0 bridgehead atoms. The third-order valence-corrected chi connectivity index (χ3v) is 2.73. The summed E-state index contributed by atoms with van der Waals surface area (Å²) in [5.41, 5.74) is 2.35. The number of nitrogens with one attached hydrogen (secondary N) is 2. The molecule has 2 N–H and O–H groups in total. The lowest BCUT2D eigenvalue weighted by molar-refractivity contribution is 0.0941. The normalized spacial score (nSPS) is 10.6. The van der Waals surface area contributed by atoms with Crippen LogP contribution in [-0.4, -0.2) is 21.1 Å². The van der Waals surface area contributed by atoms with Crippen molar-refractivity contribution in [2.24, 2.45) is 0 Å². The van der Waals surface area contributed by atoms with Crippen LogP contribution in [0.15, 0.2) is 30.6 Å². The van der Waals surface area contributed by atoms with Gasteiger partial charge in [0.1, 0.15) is 6.33 Å². The van der Waals surface area contributed by atoms with Gasteiger partial charge in [-0.2, -0.15) is 5.10 Å². The van der Waals surface area contributed by atoms with Crippen LogP contribution in [0.4, 0.5) is 0 Å². The summed E-state index contributed by atoms with van der Waals surface area (Å²) in [5, 5.41) is 8.93. The van der Waals surface area contributed by atoms with Crippen molar-refractivity contribution in [2.75, 3.05) is 0 Å². The van der Waals surface area contributed by atoms with Crippen LogP contribution in [0.2, 0.25) is 0 Å². The highest BCUT2D eigenvalue weighted by atomic mass is 16.2. The number of nitrogens with zero attached hydrogens (tertiary/aromatic N) is 2. The minimum Gasteiger partial charge on any atom is -0.345 e. The van der Waals surface area contributed by atoms with Gasteiger partial charge in [0.25, 0.3) is 5.91 Å². The Morgan fingerprint density at radius 2 is 2.06 bits per heavy atom. The summed E-state index contributed by atoms with van der Waals surface area (Å²) in [6.07, 6.45) is 1.31. The monoisotopic (exact) mass is 244 g/mol. The van der Waals surface area contributed by atoms with Crippen molar-refractivity contribution >= 4 is 5.91 Å². The molecule has 1 amide bonds. The number of hydrogen-bond donors (Lipinski definition) is 2. The Hall–Kier alpha value is -2.17. The third kappa shape index (κ3) is 2.94. The van der Waals surface area contributed by atoms with Crippen LogP contribution in [0.1, 0.15) is 41.5 Å². The maximum absolute atomic E-state index is 11.6. The number of H-pyrrole nitrogens is 1. The number of amides is 1. The van der Waals surface area contributed by atoms with Gasteiger partial charge in [0.2, 0.25) is 5.82 Å². The number of aromatic amines is 1. The molecule has 1 heterocycles. The molecule has 0 aliphatic rings. The van der Waals surface area contributed by atoms with Gasteiger partial charge in [0.05, 0.1) is 0 Å². The Kier molecular flexibility index (Phi) is 3.72. The van der Waals surface area contributed by atoms with Crippen molar-refractivity contribution < 1.29 is 4.79 Å². The van der Waals surface area contributed by atoms with Crippen LogP contribution in [0.3, 0.4) is 0 Å². The largest absolute Gasteiger partial charge is 0.345 e. The molecule has 5 heteroatoms. The maximum atomic E-state index is 11.6. The fraction of sp³-hybridized carbons (Fsp3) is 0.308. The van der Waals surface area contributed by atoms with E-state index >= 15 is 0 Å². The predicted molar refractivity (Wildman–Crippen MR) is 68.1 cm³/mol. The van der Waals surface area contributed by atoms with Gasteiger partial charge in [-0.15, -0.1) is 0 Å². The maximum Gasteiger partial charge on any atom is 0.288 e. The second-order valence-corrected chi connectivity index (χ2v) is 4.41. The van der Waals surface area contributed by atoms with Crippen molar-refractivity contribution in [3.05, 3.63) is 47.5 Å². The van der Waals surface area contributed by atoms with E-state index in [1.54, 1.807) is 0 Å². The highest BCUT2D eigenvalue weighted by molar-refractivity contribution is 5.90. The lowest BCUT2D eigenvalue weighted by Gasteiger charge is -2.07. The second-order valence-electron chi connectivity index (χ2n) is 4.41. The highest BCUT2D eigenvalue weighted by Gasteiger charge is 2.07. The van der Waals surface area contributed by atoms with E-state index in [4.69, 9.17) is 0 Å². The van der Waals surface area contributed by atoms with E-state index in [9.17, 15) is 4.79 Å². The Morgan fingerprint density at radius 3 is 2.61 bits per heavy atom. The molecule has 0 fully saturated rings. The van der Waals surface area contributed by atoms with Gasteiger partial charge < -0.3 is 5.32 Å². The molecule has 0 spiro atoms. The topological polar surface area (TPSA) is 70.7 Å². The van der Waals surface area contributed by atoms with Gasteiger partial charge >= 0.3 is 0 Å². The first-order chi connectivity index (χ1) is 8.66. The zero-order chi connectivity index (χ0) is 13.0. The van der Waals surface area contributed by atoms with Crippen LogP contribution >= 0.6 is 0 Å². The van der Waals surface area contributed by atoms with E-state index in [1.807, 2.05) is 12.1 Å². The SMILES string of the molecule is CC(C)c1ccc(CNC(=O)c2ncn[nH]2)cc1. The van der Waals surface area contributed by atoms with Gasteiger partial charge in [0, 0.05) is 6.54 Å². The van der Waals surface area contributed by atoms with E-state index in [-0.39, 0.29) is 11.7 Å². The van der Waals surface area contributed by atoms with Crippen LogP contribution in [-0.2, 0) is 6.54 Å². The Labute approximate surface area is 106 Å². The van der Waals surface area contributed by atoms with Gasteiger partial charge in [-0.05, 0) is 17.0 Å². The average Bonchev–Trinajstić information content (AvgIpc) is 2.90. The molecule has 0 unspecified atom stereocenters. The van der Waals surface area contributed by atoms with E-state index < -0.39 is 0 Å². The van der Waals surface area contributed by atoms with Crippen LogP contribution in [0.5, 0.6) is 0 Å². The zero-order valence-electron chi connectivity index (χ0n) is 10.5. The van der Waals surface area contributed by atoms with E-state index in [0.717, 1.165) is 5.56 Å². The van der Waals surface area contributed by atoms with E-state index in [2.05, 4.69) is 46.5 Å². The zero-order valence-corrected chi connectivity index (χ0v) is 10.5. The van der Waals surface area contributed by atoms with Gasteiger partial charge in [0.15, 0.2) is 0 Å². The summed E-state index contributed by atoms with van der Waals surface area (Å²) in [6, 6.07) is 8.22. The summed E-state index contributed by atoms with van der Waals surface area (Å²) >= 11 is 0. The number of carbonyl (C=O) groups excluding carboxylic acids is 1. The highest BCUT2D eigenvalue weighted by Crippen LogP contribution is 2.14. The summed E-state index contributed by atoms with van der Waals surface area (Å²) < 4.78 is 0. The van der Waals surface area contributed by atoms with Gasteiger partial charge in [-0.1, -0.05) is 38.1 Å². The molecule has 0 saturated carbocycles. The second kappa shape index (κ2) is 5.44. The van der Waals surface area contributed by atoms with Gasteiger partial charge in [-0.25, -0.2) is 4.98 Å². The molecule has 94 valence electrons. The lowest BCUT2D eigenvalue weighted by Crippen LogP contribution is -2.23. The number of benzene rings is 1. The molecule has 18 heavy (non-hydrogen) atoms. The fourth-order valence-electron chi connectivity index (χ4n) is 1.60. The van der Waals surface area contributed by atoms with E-state index in [1.165, 1.54) is 11.9 Å². The first kappa shape index (κ1) is 12.3. The first-order valence-electron chi connectivity index (χ1n) is 5.89. The van der Waals surface area contributed by atoms with Crippen LogP contribution in [0, 0.1) is 0 Å². The Bertz CT molecular complexity index is 502. The number of rotatable bonds is 4. The molecule has 0 radical (unpaired) electrons. The lowest BCUT2D eigenvalue weighted by atomic mass is 10.0. The Balaban J connectivity index is 1.92. The molecule has 0 atom stereocenters. The van der Waals surface area contributed by atoms with Crippen molar-refractivity contribution in [3.63, 3.8) is 0 Å². The van der Waals surface area contributed by atoms with Crippen LogP contribution < -0.4 is 5.32 Å². The molecule has 0 aliphatic carbocycles. The molecule has 5 nitrogen and oxygen atoms in total.